The average Bonchev–Trinajstić information content (AvgIpc) is 2.91. The summed E-state index contributed by atoms with van der Waals surface area (Å²) in [5.41, 5.74) is 0.820. The molecule has 1 fully saturated rings. The van der Waals surface area contributed by atoms with Gasteiger partial charge >= 0.3 is 0 Å². The first-order valence-electron chi connectivity index (χ1n) is 6.79. The number of benzene rings is 1. The van der Waals surface area contributed by atoms with Crippen molar-refractivity contribution in [2.24, 2.45) is 0 Å². The molecule has 1 atom stereocenters. The third-order valence-corrected chi connectivity index (χ3v) is 5.53. The summed E-state index contributed by atoms with van der Waals surface area (Å²) >= 11 is 0. The highest BCUT2D eigenvalue weighted by Gasteiger charge is 2.25. The van der Waals surface area contributed by atoms with Gasteiger partial charge in [-0.2, -0.15) is 4.31 Å². The van der Waals surface area contributed by atoms with Gasteiger partial charge in [0.2, 0.25) is 10.0 Å². The van der Waals surface area contributed by atoms with E-state index in [1.165, 1.54) is 4.31 Å². The first-order chi connectivity index (χ1) is 9.45. The normalized spacial score (nSPS) is 19.5. The maximum atomic E-state index is 12.5. The van der Waals surface area contributed by atoms with Crippen molar-refractivity contribution in [3.63, 3.8) is 0 Å². The van der Waals surface area contributed by atoms with Crippen LogP contribution in [0.2, 0.25) is 0 Å². The van der Waals surface area contributed by atoms with Crippen LogP contribution in [0.15, 0.2) is 23.1 Å². The number of aryl methyl sites for hydroxylation is 1. The summed E-state index contributed by atoms with van der Waals surface area (Å²) < 4.78 is 31.6. The molecule has 1 aromatic carbocycles. The first kappa shape index (κ1) is 15.3. The first-order valence-corrected chi connectivity index (χ1v) is 8.23. The summed E-state index contributed by atoms with van der Waals surface area (Å²) in [5.74, 6) is 0.698. The maximum Gasteiger partial charge on any atom is 0.242 e. The van der Waals surface area contributed by atoms with Gasteiger partial charge in [0.15, 0.2) is 0 Å². The van der Waals surface area contributed by atoms with Crippen LogP contribution in [-0.2, 0) is 10.0 Å². The Bertz CT molecular complexity index is 566. The van der Waals surface area contributed by atoms with E-state index in [-0.39, 0.29) is 6.04 Å². The van der Waals surface area contributed by atoms with Gasteiger partial charge < -0.3 is 10.1 Å². The van der Waals surface area contributed by atoms with Gasteiger partial charge in [-0.05, 0) is 50.1 Å². The van der Waals surface area contributed by atoms with E-state index in [1.54, 1.807) is 32.4 Å². The quantitative estimate of drug-likeness (QED) is 0.892. The molecular weight excluding hydrogens is 276 g/mol. The molecule has 1 N–H and O–H groups in total. The number of hydrogen-bond donors (Lipinski definition) is 1. The summed E-state index contributed by atoms with van der Waals surface area (Å²) in [5, 5.41) is 3.31. The van der Waals surface area contributed by atoms with Gasteiger partial charge in [0, 0.05) is 19.6 Å². The Labute approximate surface area is 121 Å². The number of ether oxygens (including phenoxy) is 1. The molecular formula is C14H22N2O3S. The molecule has 0 aliphatic carbocycles. The van der Waals surface area contributed by atoms with E-state index in [9.17, 15) is 8.42 Å². The molecule has 20 heavy (non-hydrogen) atoms. The van der Waals surface area contributed by atoms with Crippen LogP contribution in [0.4, 0.5) is 0 Å². The van der Waals surface area contributed by atoms with E-state index in [4.69, 9.17) is 4.74 Å². The molecule has 0 spiro atoms. The van der Waals surface area contributed by atoms with Crippen LogP contribution >= 0.6 is 0 Å². The second-order valence-electron chi connectivity index (χ2n) is 5.21. The summed E-state index contributed by atoms with van der Waals surface area (Å²) in [6.07, 6.45) is 2.14. The molecule has 1 saturated heterocycles. The SMILES string of the molecule is COc1ccc(S(=O)(=O)N(C)CC2CCCN2)cc1C. The van der Waals surface area contributed by atoms with E-state index in [2.05, 4.69) is 5.32 Å². The standard InChI is InChI=1S/C14H22N2O3S/c1-11-9-13(6-7-14(11)19-3)20(17,18)16(2)10-12-5-4-8-15-12/h6-7,9,12,15H,4-5,8,10H2,1-3H3. The minimum absolute atomic E-state index is 0.258. The Morgan fingerprint density at radius 2 is 2.20 bits per heavy atom. The summed E-state index contributed by atoms with van der Waals surface area (Å²) in [4.78, 5) is 0.316. The van der Waals surface area contributed by atoms with Gasteiger partial charge in [-0.1, -0.05) is 0 Å². The van der Waals surface area contributed by atoms with Gasteiger partial charge in [0.25, 0.3) is 0 Å². The number of likely N-dealkylation sites (N-methyl/N-ethyl adjacent to an activating group) is 1. The third kappa shape index (κ3) is 3.13. The fourth-order valence-corrected chi connectivity index (χ4v) is 3.81. The molecule has 0 bridgehead atoms. The molecule has 1 aromatic rings. The Balaban J connectivity index is 2.18. The number of nitrogens with one attached hydrogen (secondary N) is 1. The Morgan fingerprint density at radius 1 is 1.45 bits per heavy atom. The number of methoxy groups -OCH3 is 1. The summed E-state index contributed by atoms with van der Waals surface area (Å²) in [7, 11) is -0.225. The minimum atomic E-state index is -3.44. The van der Waals surface area contributed by atoms with Crippen molar-refractivity contribution in [3.8, 4) is 5.75 Å². The lowest BCUT2D eigenvalue weighted by atomic mass is 10.2. The lowest BCUT2D eigenvalue weighted by Crippen LogP contribution is -2.38. The fraction of sp³-hybridized carbons (Fsp3) is 0.571. The predicted octanol–water partition coefficient (Wildman–Crippen LogP) is 1.38. The zero-order valence-corrected chi connectivity index (χ0v) is 13.0. The molecule has 6 heteroatoms. The van der Waals surface area contributed by atoms with Crippen LogP contribution in [0.3, 0.4) is 0 Å². The van der Waals surface area contributed by atoms with Crippen molar-refractivity contribution in [3.05, 3.63) is 23.8 Å². The minimum Gasteiger partial charge on any atom is -0.496 e. The average molecular weight is 298 g/mol. The Hall–Kier alpha value is -1.11. The predicted molar refractivity (Wildman–Crippen MR) is 78.6 cm³/mol. The Kier molecular flexibility index (Phi) is 4.67. The zero-order chi connectivity index (χ0) is 14.8. The highest BCUT2D eigenvalue weighted by Crippen LogP contribution is 2.23. The molecule has 0 aromatic heterocycles. The number of sulfonamides is 1. The van der Waals surface area contributed by atoms with Crippen LogP contribution < -0.4 is 10.1 Å². The number of rotatable bonds is 5. The molecule has 0 saturated carbocycles. The van der Waals surface area contributed by atoms with E-state index < -0.39 is 10.0 Å². The topological polar surface area (TPSA) is 58.6 Å². The van der Waals surface area contributed by atoms with Gasteiger partial charge in [-0.15, -0.1) is 0 Å². The summed E-state index contributed by atoms with van der Waals surface area (Å²) in [6, 6.07) is 5.21. The molecule has 2 rings (SSSR count). The van der Waals surface area contributed by atoms with E-state index in [0.717, 1.165) is 24.9 Å². The highest BCUT2D eigenvalue weighted by molar-refractivity contribution is 7.89. The van der Waals surface area contributed by atoms with Crippen LogP contribution in [0, 0.1) is 6.92 Å². The van der Waals surface area contributed by atoms with Gasteiger partial charge in [0.05, 0.1) is 12.0 Å². The zero-order valence-electron chi connectivity index (χ0n) is 12.2. The fourth-order valence-electron chi connectivity index (χ4n) is 2.51. The Morgan fingerprint density at radius 3 is 2.75 bits per heavy atom. The van der Waals surface area contributed by atoms with Crippen molar-refractivity contribution >= 4 is 10.0 Å². The molecule has 0 radical (unpaired) electrons. The van der Waals surface area contributed by atoms with Crippen molar-refractivity contribution in [1.82, 2.24) is 9.62 Å². The van der Waals surface area contributed by atoms with Gasteiger partial charge in [-0.25, -0.2) is 8.42 Å². The molecule has 0 amide bonds. The van der Waals surface area contributed by atoms with E-state index in [0.29, 0.717) is 17.2 Å². The molecule has 112 valence electrons. The largest absolute Gasteiger partial charge is 0.496 e. The van der Waals surface area contributed by atoms with Crippen LogP contribution in [0.25, 0.3) is 0 Å². The monoisotopic (exact) mass is 298 g/mol. The lowest BCUT2D eigenvalue weighted by molar-refractivity contribution is 0.409. The maximum absolute atomic E-state index is 12.5. The van der Waals surface area contributed by atoms with Crippen molar-refractivity contribution < 1.29 is 13.2 Å². The third-order valence-electron chi connectivity index (χ3n) is 3.71. The van der Waals surface area contributed by atoms with Gasteiger partial charge in [-0.3, -0.25) is 0 Å². The van der Waals surface area contributed by atoms with Gasteiger partial charge in [0.1, 0.15) is 5.75 Å². The molecule has 1 aliphatic heterocycles. The van der Waals surface area contributed by atoms with Crippen molar-refractivity contribution in [2.75, 3.05) is 27.2 Å². The van der Waals surface area contributed by atoms with Crippen molar-refractivity contribution in [1.29, 1.82) is 0 Å². The molecule has 5 nitrogen and oxygen atoms in total. The number of hydrogen-bond acceptors (Lipinski definition) is 4. The van der Waals surface area contributed by atoms with Crippen molar-refractivity contribution in [2.45, 2.75) is 30.7 Å². The molecule has 1 aliphatic rings. The molecule has 1 unspecified atom stereocenters. The molecule has 1 heterocycles. The summed E-state index contributed by atoms with van der Waals surface area (Å²) in [6.45, 7) is 3.32. The smallest absolute Gasteiger partial charge is 0.242 e. The van der Waals surface area contributed by atoms with Crippen LogP contribution in [0.5, 0.6) is 5.75 Å². The lowest BCUT2D eigenvalue weighted by Gasteiger charge is -2.21. The second-order valence-corrected chi connectivity index (χ2v) is 7.26. The van der Waals surface area contributed by atoms with Crippen LogP contribution in [-0.4, -0.2) is 46.0 Å². The van der Waals surface area contributed by atoms with E-state index in [1.807, 2.05) is 6.92 Å². The highest BCUT2D eigenvalue weighted by atomic mass is 32.2. The number of nitrogens with zero attached hydrogens (tertiary/aromatic N) is 1. The second kappa shape index (κ2) is 6.11. The van der Waals surface area contributed by atoms with E-state index >= 15 is 0 Å². The van der Waals surface area contributed by atoms with Crippen LogP contribution in [0.1, 0.15) is 18.4 Å².